The van der Waals surface area contributed by atoms with Gasteiger partial charge in [0.25, 0.3) is 0 Å². The summed E-state index contributed by atoms with van der Waals surface area (Å²) in [4.78, 5) is 0. The molecule has 0 atom stereocenters. The molecule has 10 heteroatoms. The molecule has 0 aliphatic carbocycles. The van der Waals surface area contributed by atoms with Crippen molar-refractivity contribution in [3.05, 3.63) is 0 Å². The molecule has 1 aliphatic heterocycles. The van der Waals surface area contributed by atoms with Crippen LogP contribution < -0.4 is 0 Å². The third kappa shape index (κ3) is 18.2. The topological polar surface area (TPSA) is 6.48 Å². The first-order valence-electron chi connectivity index (χ1n) is 3.56. The van der Waals surface area contributed by atoms with E-state index in [1.165, 1.54) is 13.1 Å². The van der Waals surface area contributed by atoms with Gasteiger partial charge in [-0.05, 0) is 0 Å². The molecule has 0 aromatic rings. The minimum absolute atomic E-state index is 0.491. The molecule has 0 radical (unpaired) electrons. The minimum atomic E-state index is -10.7. The van der Waals surface area contributed by atoms with Crippen LogP contribution in [0.3, 0.4) is 0 Å². The van der Waals surface area contributed by atoms with Crippen LogP contribution in [0.25, 0.3) is 0 Å². The van der Waals surface area contributed by atoms with Gasteiger partial charge in [-0.2, -0.15) is 9.34 Å². The molecule has 0 spiro atoms. The van der Waals surface area contributed by atoms with Crippen LogP contribution in [0, 0.1) is 0 Å². The maximum atomic E-state index is 9.87. The van der Waals surface area contributed by atoms with E-state index >= 15 is 0 Å². The van der Waals surface area contributed by atoms with Gasteiger partial charge in [0.1, 0.15) is 8.88 Å². The van der Waals surface area contributed by atoms with Gasteiger partial charge in [-0.3, -0.25) is 0 Å². The third-order valence-electron chi connectivity index (χ3n) is 1.20. The van der Waals surface area contributed by atoms with E-state index in [4.69, 9.17) is 0 Å². The molecule has 1 fully saturated rings. The molecule has 0 unspecified atom stereocenters. The second kappa shape index (κ2) is 3.44. The summed E-state index contributed by atoms with van der Waals surface area (Å²) >= 11 is 0. The summed E-state index contributed by atoms with van der Waals surface area (Å²) in [5, 5.41) is 0. The van der Waals surface area contributed by atoms with Crippen molar-refractivity contribution >= 4 is 16.7 Å². The predicted octanol–water partition coefficient (Wildman–Crippen LogP) is 3.49. The van der Waals surface area contributed by atoms with Crippen LogP contribution in [-0.2, 0) is 0 Å². The summed E-state index contributed by atoms with van der Waals surface area (Å²) in [6.45, 7) is 2.54. The van der Waals surface area contributed by atoms with Crippen molar-refractivity contribution in [3.63, 3.8) is 0 Å². The molecular weight excluding hydrogens is 252 g/mol. The van der Waals surface area contributed by atoms with Gasteiger partial charge in [-0.25, -0.2) is 0 Å². The fourth-order valence-corrected chi connectivity index (χ4v) is 1.90. The average molecular weight is 264 g/mol. The van der Waals surface area contributed by atoms with Crippen molar-refractivity contribution in [1.82, 2.24) is 9.34 Å². The molecule has 0 saturated carbocycles. The molecule has 2 nitrogen and oxygen atoms in total. The van der Waals surface area contributed by atoms with Gasteiger partial charge in [0.05, 0.1) is 13.1 Å². The zero-order valence-electron chi connectivity index (χ0n) is 7.60. The molecule has 1 saturated heterocycles. The molecule has 0 aromatic heterocycles. The Labute approximate surface area is 79.4 Å². The van der Waals surface area contributed by atoms with Crippen molar-refractivity contribution < 1.29 is 25.2 Å². The zero-order valence-corrected chi connectivity index (χ0v) is 9.65. The molecule has 0 aromatic carbocycles. The van der Waals surface area contributed by atoms with Gasteiger partial charge in [0.2, 0.25) is 0 Å². The van der Waals surface area contributed by atoms with Gasteiger partial charge in [0.15, 0.2) is 0 Å². The normalized spacial score (nSPS) is 24.9. The van der Waals surface area contributed by atoms with Crippen molar-refractivity contribution in [2.75, 3.05) is 27.2 Å². The summed E-state index contributed by atoms with van der Waals surface area (Å²) in [6.07, 6.45) is 0. The van der Waals surface area contributed by atoms with E-state index in [0.29, 0.717) is 8.88 Å². The second-order valence-electron chi connectivity index (χ2n) is 3.04. The Morgan fingerprint density at radius 1 is 0.857 bits per heavy atom. The monoisotopic (exact) mass is 264 g/mol. The Morgan fingerprint density at radius 2 is 1.07 bits per heavy atom. The first-order valence-corrected chi connectivity index (χ1v) is 6.62. The fraction of sp³-hybridized carbons (Fsp3) is 1.00. The number of halogens is 6. The Kier molecular flexibility index (Phi) is 3.53. The number of hydrogen-bond acceptors (Lipinski definition) is 2. The van der Waals surface area contributed by atoms with E-state index in [1.807, 2.05) is 0 Å². The van der Waals surface area contributed by atoms with E-state index in [9.17, 15) is 25.2 Å². The van der Waals surface area contributed by atoms with Gasteiger partial charge >= 0.3 is 33.0 Å². The summed E-state index contributed by atoms with van der Waals surface area (Å²) < 4.78 is 64.0. The Morgan fingerprint density at radius 3 is 1.14 bits per heavy atom. The Hall–Kier alpha value is 0.360. The van der Waals surface area contributed by atoms with Gasteiger partial charge in [0, 0.05) is 14.1 Å². The second-order valence-corrected chi connectivity index (χ2v) is 6.95. The molecule has 0 bridgehead atoms. The van der Waals surface area contributed by atoms with E-state index in [0.717, 1.165) is 0 Å². The molecular formula is C4H12F6N2P2. The number of rotatable bonds is 0. The van der Waals surface area contributed by atoms with Crippen LogP contribution in [0.5, 0.6) is 0 Å². The maximum absolute atomic E-state index is 10.7. The standard InChI is InChI=1S/C4H11N2P.F6P/c1-5-3-4-6(2)7-5;1-7(2,3,4,5)6/h7H,3-4H2,1-2H3;/q;-1/p+1. The van der Waals surface area contributed by atoms with Crippen molar-refractivity contribution in [2.24, 2.45) is 0 Å². The molecule has 90 valence electrons. The summed E-state index contributed by atoms with van der Waals surface area (Å²) in [5.41, 5.74) is 0. The van der Waals surface area contributed by atoms with Crippen molar-refractivity contribution in [3.8, 4) is 0 Å². The number of nitrogens with zero attached hydrogens (tertiary/aromatic N) is 2. The van der Waals surface area contributed by atoms with Crippen LogP contribution in [0.2, 0.25) is 0 Å². The van der Waals surface area contributed by atoms with Gasteiger partial charge in [-0.1, -0.05) is 0 Å². The average Bonchev–Trinajstić information content (AvgIpc) is 2.04. The third-order valence-corrected chi connectivity index (χ3v) is 2.50. The van der Waals surface area contributed by atoms with Crippen molar-refractivity contribution in [2.45, 2.75) is 0 Å². The van der Waals surface area contributed by atoms with Crippen LogP contribution in [0.15, 0.2) is 0 Å². The first-order chi connectivity index (χ1) is 5.74. The number of likely N-dealkylation sites (N-methyl/N-ethyl adjacent to an activating group) is 2. The van der Waals surface area contributed by atoms with E-state index in [1.54, 1.807) is 0 Å². The fourth-order valence-electron chi connectivity index (χ4n) is 0.767. The molecule has 1 heterocycles. The first kappa shape index (κ1) is 14.4. The summed E-state index contributed by atoms with van der Waals surface area (Å²) in [5.74, 6) is 0. The molecule has 14 heavy (non-hydrogen) atoms. The van der Waals surface area contributed by atoms with Crippen LogP contribution in [-0.4, -0.2) is 36.5 Å². The zero-order chi connectivity index (χ0) is 11.7. The van der Waals surface area contributed by atoms with Gasteiger partial charge in [-0.15, -0.1) is 0 Å². The SMILES string of the molecule is CN1CCN(C)[PH2+]1.F[P-](F)(F)(F)(F)F. The predicted molar refractivity (Wildman–Crippen MR) is 48.5 cm³/mol. The van der Waals surface area contributed by atoms with Crippen LogP contribution in [0.4, 0.5) is 25.2 Å². The van der Waals surface area contributed by atoms with Crippen LogP contribution >= 0.6 is 16.7 Å². The quantitative estimate of drug-likeness (QED) is 0.488. The van der Waals surface area contributed by atoms with E-state index in [2.05, 4.69) is 23.4 Å². The summed E-state index contributed by atoms with van der Waals surface area (Å²) in [6, 6.07) is 0. The molecule has 0 amide bonds. The van der Waals surface area contributed by atoms with Crippen molar-refractivity contribution in [1.29, 1.82) is 0 Å². The van der Waals surface area contributed by atoms with E-state index < -0.39 is 7.81 Å². The van der Waals surface area contributed by atoms with Gasteiger partial charge < -0.3 is 0 Å². The molecule has 1 aliphatic rings. The Balaban J connectivity index is 0.000000241. The molecule has 1 rings (SSSR count). The number of hydrogen-bond donors (Lipinski definition) is 0. The molecule has 0 N–H and O–H groups in total. The Bertz CT molecular complexity index is 179. The van der Waals surface area contributed by atoms with E-state index in [-0.39, 0.29) is 0 Å². The summed E-state index contributed by atoms with van der Waals surface area (Å²) in [7, 11) is -5.81. The van der Waals surface area contributed by atoms with Crippen LogP contribution in [0.1, 0.15) is 0 Å².